The first-order chi connectivity index (χ1) is 16.9. The third-order valence-corrected chi connectivity index (χ3v) is 5.37. The molecule has 0 aliphatic rings. The van der Waals surface area contributed by atoms with Gasteiger partial charge in [0.1, 0.15) is 12.0 Å². The van der Waals surface area contributed by atoms with E-state index in [0.717, 1.165) is 4.90 Å². The number of carbonyl (C=O) groups is 2. The molecule has 0 aromatic carbocycles. The van der Waals surface area contributed by atoms with Gasteiger partial charge < -0.3 is 15.5 Å². The number of amides is 2. The third-order valence-electron chi connectivity index (χ3n) is 5.37. The van der Waals surface area contributed by atoms with Crippen molar-refractivity contribution in [3.8, 4) is 0 Å². The molecule has 0 fully saturated rings. The van der Waals surface area contributed by atoms with Crippen molar-refractivity contribution in [3.05, 3.63) is 41.1 Å². The quantitative estimate of drug-likeness (QED) is 0.427. The molecule has 0 bridgehead atoms. The molecular weight excluding hydrogens is 483 g/mol. The van der Waals surface area contributed by atoms with Crippen molar-refractivity contribution in [1.29, 1.82) is 0 Å². The maximum absolute atomic E-state index is 12.7. The van der Waals surface area contributed by atoms with Gasteiger partial charge in [-0.3, -0.25) is 9.59 Å². The zero-order chi connectivity index (χ0) is 26.6. The maximum Gasteiger partial charge on any atom is 0.389 e. The highest BCUT2D eigenvalue weighted by molar-refractivity contribution is 5.92. The van der Waals surface area contributed by atoms with Gasteiger partial charge in [0, 0.05) is 12.3 Å². The van der Waals surface area contributed by atoms with Crippen LogP contribution >= 0.6 is 0 Å². The molecule has 0 spiro atoms. The van der Waals surface area contributed by atoms with Gasteiger partial charge in [-0.15, -0.1) is 0 Å². The Kier molecular flexibility index (Phi) is 8.15. The van der Waals surface area contributed by atoms with Crippen LogP contribution in [0.5, 0.6) is 0 Å². The lowest BCUT2D eigenvalue weighted by atomic mass is 9.97. The minimum Gasteiger partial charge on any atom is -0.349 e. The van der Waals surface area contributed by atoms with Crippen LogP contribution < -0.4 is 20.4 Å². The van der Waals surface area contributed by atoms with Gasteiger partial charge in [0.15, 0.2) is 10.8 Å². The zero-order valence-electron chi connectivity index (χ0n) is 20.6. The van der Waals surface area contributed by atoms with Crippen LogP contribution in [0, 0.1) is 5.92 Å². The third kappa shape index (κ3) is 6.49. The van der Waals surface area contributed by atoms with Crippen LogP contribution in [0.15, 0.2) is 23.1 Å². The fourth-order valence-corrected chi connectivity index (χ4v) is 3.62. The van der Waals surface area contributed by atoms with Gasteiger partial charge in [0.2, 0.25) is 5.91 Å². The van der Waals surface area contributed by atoms with E-state index in [-0.39, 0.29) is 24.1 Å². The molecule has 0 radical (unpaired) electrons. The molecule has 3 rings (SSSR count). The Morgan fingerprint density at radius 2 is 1.97 bits per heavy atom. The molecule has 2 amide bonds. The number of alkyl halides is 3. The normalized spacial score (nSPS) is 12.8. The summed E-state index contributed by atoms with van der Waals surface area (Å²) in [4.78, 5) is 35.3. The first-order valence-corrected chi connectivity index (χ1v) is 11.3. The Hall–Kier alpha value is -3.71. The second-order valence-corrected chi connectivity index (χ2v) is 8.91. The van der Waals surface area contributed by atoms with E-state index < -0.39 is 36.9 Å². The molecular formula is C22H29F3N7O4+. The highest BCUT2D eigenvalue weighted by Gasteiger charge is 2.34. The predicted octanol–water partition coefficient (Wildman–Crippen LogP) is 2.27. The van der Waals surface area contributed by atoms with E-state index in [1.807, 2.05) is 27.7 Å². The highest BCUT2D eigenvalue weighted by Crippen LogP contribution is 2.24. The van der Waals surface area contributed by atoms with Crippen molar-refractivity contribution in [2.45, 2.75) is 65.2 Å². The molecule has 196 valence electrons. The van der Waals surface area contributed by atoms with E-state index in [1.54, 1.807) is 12.3 Å². The number of fused-ring (bicyclic) bond motifs is 1. The van der Waals surface area contributed by atoms with Crippen LogP contribution in [0.4, 0.5) is 13.2 Å². The Labute approximate surface area is 204 Å². The molecule has 1 atom stereocenters. The largest absolute Gasteiger partial charge is 0.389 e. The molecule has 0 saturated heterocycles. The van der Waals surface area contributed by atoms with Gasteiger partial charge in [-0.1, -0.05) is 27.7 Å². The minimum atomic E-state index is -4.40. The van der Waals surface area contributed by atoms with Gasteiger partial charge >= 0.3 is 17.8 Å². The second kappa shape index (κ2) is 10.9. The van der Waals surface area contributed by atoms with Crippen molar-refractivity contribution < 1.29 is 37.1 Å². The minimum absolute atomic E-state index is 0.0801. The number of nitrogens with one attached hydrogen (secondary N) is 2. The standard InChI is InChI=1S/C22H28F3N7O4/c1-12(2)18(29-17(33)6-7-22(23,24)25)14-8-16-28-15(11-31(16)27-9-14)10-26-21(34)19-20(13(3)4)32(35-5)36-30-19/h8-9,11-13,18H,6-7,10H2,1-5H3,(H-,26,29,33,34)/p+1. The van der Waals surface area contributed by atoms with E-state index in [4.69, 9.17) is 9.47 Å². The first kappa shape index (κ1) is 26.9. The molecule has 3 aromatic rings. The molecule has 2 N–H and O–H groups in total. The van der Waals surface area contributed by atoms with Crippen LogP contribution in [-0.2, 0) is 11.3 Å². The van der Waals surface area contributed by atoms with Crippen molar-refractivity contribution in [2.24, 2.45) is 5.92 Å². The SMILES string of the molecule is CO[n+]1onc(C(=O)NCc2cn3ncc(C(NC(=O)CCC(F)(F)F)C(C)C)cc3n2)c1C(C)C. The molecule has 11 nitrogen and oxygen atoms in total. The Morgan fingerprint density at radius 1 is 1.25 bits per heavy atom. The van der Waals surface area contributed by atoms with Crippen LogP contribution in [0.25, 0.3) is 5.65 Å². The predicted molar refractivity (Wildman–Crippen MR) is 118 cm³/mol. The summed E-state index contributed by atoms with van der Waals surface area (Å²) in [5.74, 6) is -1.35. The fourth-order valence-electron chi connectivity index (χ4n) is 3.62. The number of hydrogen-bond acceptors (Lipinski definition) is 7. The summed E-state index contributed by atoms with van der Waals surface area (Å²) in [6.45, 7) is 7.50. The van der Waals surface area contributed by atoms with Gasteiger partial charge in [0.05, 0.1) is 37.1 Å². The van der Waals surface area contributed by atoms with Crippen molar-refractivity contribution in [1.82, 2.24) is 30.4 Å². The number of rotatable bonds is 10. The van der Waals surface area contributed by atoms with E-state index in [0.29, 0.717) is 22.6 Å². The summed E-state index contributed by atoms with van der Waals surface area (Å²) in [7, 11) is 1.40. The number of hydrogen-bond donors (Lipinski definition) is 2. The summed E-state index contributed by atoms with van der Waals surface area (Å²) in [6, 6.07) is 1.15. The Balaban J connectivity index is 1.71. The van der Waals surface area contributed by atoms with Gasteiger partial charge in [-0.25, -0.2) is 9.50 Å². The van der Waals surface area contributed by atoms with E-state index >= 15 is 0 Å². The van der Waals surface area contributed by atoms with E-state index in [2.05, 4.69) is 25.9 Å². The Morgan fingerprint density at radius 3 is 2.58 bits per heavy atom. The first-order valence-electron chi connectivity index (χ1n) is 11.3. The summed E-state index contributed by atoms with van der Waals surface area (Å²) in [5, 5.41) is 13.5. The fraction of sp³-hybridized carbons (Fsp3) is 0.545. The van der Waals surface area contributed by atoms with Gasteiger partial charge in [-0.05, 0) is 22.2 Å². The summed E-state index contributed by atoms with van der Waals surface area (Å²) in [6.07, 6.45) is -3.08. The summed E-state index contributed by atoms with van der Waals surface area (Å²) in [5.41, 5.74) is 2.14. The zero-order valence-corrected chi connectivity index (χ0v) is 20.6. The number of aromatic nitrogens is 5. The molecule has 36 heavy (non-hydrogen) atoms. The van der Waals surface area contributed by atoms with Crippen molar-refractivity contribution >= 4 is 17.5 Å². The number of nitrogens with zero attached hydrogens (tertiary/aromatic N) is 5. The molecule has 3 heterocycles. The van der Waals surface area contributed by atoms with Crippen LogP contribution in [0.1, 0.15) is 79.9 Å². The van der Waals surface area contributed by atoms with Gasteiger partial charge in [-0.2, -0.15) is 18.3 Å². The summed E-state index contributed by atoms with van der Waals surface area (Å²) >= 11 is 0. The maximum atomic E-state index is 12.7. The average Bonchev–Trinajstić information content (AvgIpc) is 3.42. The lowest BCUT2D eigenvalue weighted by molar-refractivity contribution is -1.02. The monoisotopic (exact) mass is 512 g/mol. The highest BCUT2D eigenvalue weighted by atomic mass is 19.4. The lowest BCUT2D eigenvalue weighted by Gasteiger charge is -2.22. The van der Waals surface area contributed by atoms with Crippen molar-refractivity contribution in [3.63, 3.8) is 0 Å². The Bertz CT molecular complexity index is 1220. The average molecular weight is 513 g/mol. The number of carbonyl (C=O) groups excluding carboxylic acids is 2. The molecule has 1 unspecified atom stereocenters. The van der Waals surface area contributed by atoms with E-state index in [1.165, 1.54) is 17.8 Å². The van der Waals surface area contributed by atoms with E-state index in [9.17, 15) is 22.8 Å². The number of halogens is 3. The molecule has 3 aromatic heterocycles. The summed E-state index contributed by atoms with van der Waals surface area (Å²) < 4.78 is 43.9. The van der Waals surface area contributed by atoms with Crippen LogP contribution in [0.3, 0.4) is 0 Å². The lowest BCUT2D eigenvalue weighted by Crippen LogP contribution is -2.43. The molecule has 0 aliphatic heterocycles. The van der Waals surface area contributed by atoms with Gasteiger partial charge in [0.25, 0.3) is 5.69 Å². The van der Waals surface area contributed by atoms with Crippen LogP contribution in [0.2, 0.25) is 0 Å². The van der Waals surface area contributed by atoms with Crippen molar-refractivity contribution in [2.75, 3.05) is 7.11 Å². The molecule has 0 saturated carbocycles. The smallest absolute Gasteiger partial charge is 0.349 e. The molecule has 0 aliphatic carbocycles. The topological polar surface area (TPSA) is 128 Å². The second-order valence-electron chi connectivity index (χ2n) is 8.91. The van der Waals surface area contributed by atoms with Crippen LogP contribution in [-0.4, -0.2) is 44.9 Å². The number of imidazole rings is 1. The molecule has 14 heteroatoms.